The largest absolute Gasteiger partial charge is 0.357 e. The Labute approximate surface area is 150 Å². The second-order valence-corrected chi connectivity index (χ2v) is 8.29. The number of nitrogens with zero attached hydrogens (tertiary/aromatic N) is 3. The maximum absolute atomic E-state index is 12.8. The van der Waals surface area contributed by atoms with E-state index in [1.807, 2.05) is 17.0 Å². The van der Waals surface area contributed by atoms with E-state index in [0.717, 1.165) is 69.4 Å². The first kappa shape index (κ1) is 16.8. The van der Waals surface area contributed by atoms with Crippen molar-refractivity contribution in [1.82, 2.24) is 15.2 Å². The third-order valence-corrected chi connectivity index (χ3v) is 6.55. The van der Waals surface area contributed by atoms with Crippen LogP contribution < -0.4 is 10.2 Å². The first-order valence-electron chi connectivity index (χ1n) is 9.86. The number of pyridine rings is 1. The summed E-state index contributed by atoms with van der Waals surface area (Å²) < 4.78 is 0. The van der Waals surface area contributed by atoms with Gasteiger partial charge in [-0.25, -0.2) is 4.98 Å². The molecule has 1 N–H and O–H groups in total. The average Bonchev–Trinajstić information content (AvgIpc) is 3.11. The quantitative estimate of drug-likeness (QED) is 0.897. The number of likely N-dealkylation sites (tertiary alicyclic amines) is 1. The van der Waals surface area contributed by atoms with Gasteiger partial charge in [-0.2, -0.15) is 0 Å². The number of aromatic nitrogens is 1. The lowest BCUT2D eigenvalue weighted by molar-refractivity contribution is 0.0607. The molecule has 0 aliphatic carbocycles. The standard InChI is InChI=1S/C20H30N4O/c1-16-4-10-23(11-5-16)18-3-2-17(14-22-18)19(25)24-12-7-20(8-13-24)6-9-21-15-20/h2-3,14,16,21H,4-13,15H2,1H3. The summed E-state index contributed by atoms with van der Waals surface area (Å²) in [6, 6.07) is 3.99. The SMILES string of the molecule is CC1CCN(c2ccc(C(=O)N3CCC4(CCNC4)CC3)cn2)CC1. The van der Waals surface area contributed by atoms with Crippen LogP contribution in [0.15, 0.2) is 18.3 Å². The van der Waals surface area contributed by atoms with Crippen molar-refractivity contribution in [2.75, 3.05) is 44.2 Å². The van der Waals surface area contributed by atoms with Gasteiger partial charge in [-0.05, 0) is 62.1 Å². The first-order chi connectivity index (χ1) is 12.2. The molecular weight excluding hydrogens is 312 g/mol. The molecule has 25 heavy (non-hydrogen) atoms. The van der Waals surface area contributed by atoms with Crippen LogP contribution in [-0.2, 0) is 0 Å². The second-order valence-electron chi connectivity index (χ2n) is 8.29. The lowest BCUT2D eigenvalue weighted by atomic mass is 9.78. The lowest BCUT2D eigenvalue weighted by Crippen LogP contribution is -2.44. The number of nitrogens with one attached hydrogen (secondary N) is 1. The molecule has 4 heterocycles. The lowest BCUT2D eigenvalue weighted by Gasteiger charge is -2.38. The molecule has 1 spiro atoms. The number of hydrogen-bond donors (Lipinski definition) is 1. The van der Waals surface area contributed by atoms with Gasteiger partial charge >= 0.3 is 0 Å². The minimum absolute atomic E-state index is 0.145. The number of rotatable bonds is 2. The van der Waals surface area contributed by atoms with Gasteiger partial charge in [-0.1, -0.05) is 6.92 Å². The van der Waals surface area contributed by atoms with Crippen molar-refractivity contribution in [3.05, 3.63) is 23.9 Å². The van der Waals surface area contributed by atoms with Crippen molar-refractivity contribution in [3.8, 4) is 0 Å². The van der Waals surface area contributed by atoms with Gasteiger partial charge in [0, 0.05) is 38.9 Å². The molecule has 3 aliphatic rings. The van der Waals surface area contributed by atoms with E-state index in [1.54, 1.807) is 6.20 Å². The van der Waals surface area contributed by atoms with Crippen LogP contribution in [0.5, 0.6) is 0 Å². The Bertz CT molecular complexity index is 591. The summed E-state index contributed by atoms with van der Waals surface area (Å²) >= 11 is 0. The normalized spacial score (nSPS) is 24.0. The number of hydrogen-bond acceptors (Lipinski definition) is 4. The topological polar surface area (TPSA) is 48.5 Å². The van der Waals surface area contributed by atoms with Gasteiger partial charge in [-0.3, -0.25) is 4.79 Å². The first-order valence-corrected chi connectivity index (χ1v) is 9.86. The smallest absolute Gasteiger partial charge is 0.255 e. The van der Waals surface area contributed by atoms with Gasteiger partial charge in [0.05, 0.1) is 5.56 Å². The van der Waals surface area contributed by atoms with Crippen LogP contribution >= 0.6 is 0 Å². The van der Waals surface area contributed by atoms with Gasteiger partial charge in [-0.15, -0.1) is 0 Å². The molecular formula is C20H30N4O. The zero-order chi connectivity index (χ0) is 17.3. The zero-order valence-corrected chi connectivity index (χ0v) is 15.3. The third-order valence-electron chi connectivity index (χ3n) is 6.55. The molecule has 0 bridgehead atoms. The number of piperidine rings is 2. The third kappa shape index (κ3) is 3.52. The summed E-state index contributed by atoms with van der Waals surface area (Å²) in [5.41, 5.74) is 1.18. The minimum Gasteiger partial charge on any atom is -0.357 e. The minimum atomic E-state index is 0.145. The van der Waals surface area contributed by atoms with E-state index in [2.05, 4.69) is 22.1 Å². The van der Waals surface area contributed by atoms with E-state index < -0.39 is 0 Å². The Morgan fingerprint density at radius 3 is 2.52 bits per heavy atom. The van der Waals surface area contributed by atoms with Crippen LogP contribution in [0.4, 0.5) is 5.82 Å². The highest BCUT2D eigenvalue weighted by Crippen LogP contribution is 2.37. The van der Waals surface area contributed by atoms with E-state index in [-0.39, 0.29) is 5.91 Å². The molecule has 1 amide bonds. The molecule has 0 radical (unpaired) electrons. The summed E-state index contributed by atoms with van der Waals surface area (Å²) in [4.78, 5) is 21.7. The summed E-state index contributed by atoms with van der Waals surface area (Å²) in [6.45, 7) is 8.48. The molecule has 4 rings (SSSR count). The summed E-state index contributed by atoms with van der Waals surface area (Å²) in [5.74, 6) is 1.97. The molecule has 0 atom stereocenters. The highest BCUT2D eigenvalue weighted by atomic mass is 16.2. The Morgan fingerprint density at radius 1 is 1.16 bits per heavy atom. The van der Waals surface area contributed by atoms with Gasteiger partial charge in [0.15, 0.2) is 0 Å². The predicted octanol–water partition coefficient (Wildman–Crippen LogP) is 2.53. The number of anilines is 1. The fourth-order valence-corrected chi connectivity index (χ4v) is 4.53. The van der Waals surface area contributed by atoms with Crippen LogP contribution in [0.1, 0.15) is 49.4 Å². The van der Waals surface area contributed by atoms with Crippen LogP contribution in [0.2, 0.25) is 0 Å². The number of amides is 1. The summed E-state index contributed by atoms with van der Waals surface area (Å²) in [7, 11) is 0. The van der Waals surface area contributed by atoms with E-state index in [0.29, 0.717) is 5.41 Å². The molecule has 5 heteroatoms. The Morgan fingerprint density at radius 2 is 1.92 bits per heavy atom. The number of carbonyl (C=O) groups is 1. The molecule has 3 saturated heterocycles. The Kier molecular flexibility index (Phi) is 4.67. The van der Waals surface area contributed by atoms with E-state index in [1.165, 1.54) is 19.3 Å². The molecule has 136 valence electrons. The van der Waals surface area contributed by atoms with Crippen molar-refractivity contribution in [3.63, 3.8) is 0 Å². The highest BCUT2D eigenvalue weighted by Gasteiger charge is 2.38. The fourth-order valence-electron chi connectivity index (χ4n) is 4.53. The Balaban J connectivity index is 1.36. The van der Waals surface area contributed by atoms with Crippen LogP contribution in [0, 0.1) is 11.3 Å². The van der Waals surface area contributed by atoms with Crippen LogP contribution in [-0.4, -0.2) is 55.1 Å². The molecule has 3 fully saturated rings. The molecule has 5 nitrogen and oxygen atoms in total. The fraction of sp³-hybridized carbons (Fsp3) is 0.700. The molecule has 0 aromatic carbocycles. The molecule has 1 aromatic rings. The van der Waals surface area contributed by atoms with E-state index in [9.17, 15) is 4.79 Å². The van der Waals surface area contributed by atoms with E-state index >= 15 is 0 Å². The number of carbonyl (C=O) groups excluding carboxylic acids is 1. The van der Waals surface area contributed by atoms with Crippen molar-refractivity contribution >= 4 is 11.7 Å². The maximum Gasteiger partial charge on any atom is 0.255 e. The molecule has 3 aliphatic heterocycles. The van der Waals surface area contributed by atoms with E-state index in [4.69, 9.17) is 0 Å². The monoisotopic (exact) mass is 342 g/mol. The Hall–Kier alpha value is -1.62. The highest BCUT2D eigenvalue weighted by molar-refractivity contribution is 5.94. The van der Waals surface area contributed by atoms with Gasteiger partial charge < -0.3 is 15.1 Å². The molecule has 1 aromatic heterocycles. The second kappa shape index (κ2) is 6.94. The van der Waals surface area contributed by atoms with Crippen molar-refractivity contribution in [1.29, 1.82) is 0 Å². The van der Waals surface area contributed by atoms with Gasteiger partial charge in [0.25, 0.3) is 5.91 Å². The van der Waals surface area contributed by atoms with Gasteiger partial charge in [0.2, 0.25) is 0 Å². The van der Waals surface area contributed by atoms with Crippen molar-refractivity contribution < 1.29 is 4.79 Å². The average molecular weight is 342 g/mol. The van der Waals surface area contributed by atoms with Crippen LogP contribution in [0.25, 0.3) is 0 Å². The molecule has 0 unspecified atom stereocenters. The summed E-state index contributed by atoms with van der Waals surface area (Å²) in [6.07, 6.45) is 7.75. The van der Waals surface area contributed by atoms with Crippen molar-refractivity contribution in [2.45, 2.75) is 39.0 Å². The predicted molar refractivity (Wildman–Crippen MR) is 99.9 cm³/mol. The van der Waals surface area contributed by atoms with Crippen LogP contribution in [0.3, 0.4) is 0 Å². The zero-order valence-electron chi connectivity index (χ0n) is 15.3. The van der Waals surface area contributed by atoms with Gasteiger partial charge in [0.1, 0.15) is 5.82 Å². The van der Waals surface area contributed by atoms with Crippen molar-refractivity contribution in [2.24, 2.45) is 11.3 Å². The molecule has 0 saturated carbocycles. The maximum atomic E-state index is 12.8. The summed E-state index contributed by atoms with van der Waals surface area (Å²) in [5, 5.41) is 3.48.